The highest BCUT2D eigenvalue weighted by Gasteiger charge is 2.03. The minimum atomic E-state index is 0.132. The molecule has 3 heteroatoms. The summed E-state index contributed by atoms with van der Waals surface area (Å²) < 4.78 is 0. The lowest BCUT2D eigenvalue weighted by molar-refractivity contribution is -0.121. The summed E-state index contributed by atoms with van der Waals surface area (Å²) in [5, 5.41) is 11.8. The van der Waals surface area contributed by atoms with E-state index >= 15 is 0 Å². The Morgan fingerprint density at radius 2 is 2.00 bits per heavy atom. The zero-order chi connectivity index (χ0) is 13.9. The number of hydrogen-bond acceptors (Lipinski definition) is 2. The molecule has 3 nitrogen and oxygen atoms in total. The van der Waals surface area contributed by atoms with Gasteiger partial charge in [-0.2, -0.15) is 0 Å². The Kier molecular flexibility index (Phi) is 7.91. The molecule has 0 bridgehead atoms. The number of aryl methyl sites for hydroxylation is 1. The molecule has 19 heavy (non-hydrogen) atoms. The Morgan fingerprint density at radius 1 is 1.26 bits per heavy atom. The number of benzene rings is 1. The molecule has 0 heterocycles. The fourth-order valence-electron chi connectivity index (χ4n) is 1.96. The molecule has 1 aromatic carbocycles. The summed E-state index contributed by atoms with van der Waals surface area (Å²) >= 11 is 0. The van der Waals surface area contributed by atoms with E-state index in [4.69, 9.17) is 5.11 Å². The maximum Gasteiger partial charge on any atom is 0.220 e. The molecule has 0 aliphatic rings. The highest BCUT2D eigenvalue weighted by Crippen LogP contribution is 2.05. The second kappa shape index (κ2) is 9.56. The lowest BCUT2D eigenvalue weighted by Gasteiger charge is -2.08. The molecule has 0 fully saturated rings. The fourth-order valence-corrected chi connectivity index (χ4v) is 1.96. The van der Waals surface area contributed by atoms with Crippen molar-refractivity contribution in [1.29, 1.82) is 0 Å². The Bertz CT molecular complexity index is 351. The molecule has 106 valence electrons. The Morgan fingerprint density at radius 3 is 2.68 bits per heavy atom. The van der Waals surface area contributed by atoms with E-state index < -0.39 is 0 Å². The minimum Gasteiger partial charge on any atom is -0.396 e. The van der Waals surface area contributed by atoms with E-state index in [1.165, 1.54) is 5.56 Å². The van der Waals surface area contributed by atoms with Gasteiger partial charge in [-0.05, 0) is 37.2 Å². The smallest absolute Gasteiger partial charge is 0.220 e. The second-order valence-electron chi connectivity index (χ2n) is 5.12. The van der Waals surface area contributed by atoms with Crippen LogP contribution in [0.1, 0.15) is 38.2 Å². The van der Waals surface area contributed by atoms with Crippen LogP contribution < -0.4 is 5.32 Å². The maximum atomic E-state index is 11.6. The molecule has 0 aliphatic carbocycles. The predicted molar refractivity (Wildman–Crippen MR) is 77.9 cm³/mol. The van der Waals surface area contributed by atoms with Crippen molar-refractivity contribution < 1.29 is 9.90 Å². The summed E-state index contributed by atoms with van der Waals surface area (Å²) in [6.45, 7) is 2.96. The standard InChI is InChI=1S/C16H25NO2/c1-14(13-18)7-6-12-17-16(19)11-5-10-15-8-3-2-4-9-15/h2-4,8-9,14,18H,5-7,10-13H2,1H3,(H,17,19). The van der Waals surface area contributed by atoms with Crippen molar-refractivity contribution in [3.63, 3.8) is 0 Å². The van der Waals surface area contributed by atoms with E-state index in [1.807, 2.05) is 25.1 Å². The van der Waals surface area contributed by atoms with Gasteiger partial charge in [0.25, 0.3) is 0 Å². The van der Waals surface area contributed by atoms with Gasteiger partial charge >= 0.3 is 0 Å². The van der Waals surface area contributed by atoms with Crippen molar-refractivity contribution in [2.45, 2.75) is 39.0 Å². The summed E-state index contributed by atoms with van der Waals surface area (Å²) in [5.74, 6) is 0.461. The largest absolute Gasteiger partial charge is 0.396 e. The molecule has 1 amide bonds. The van der Waals surface area contributed by atoms with Crippen LogP contribution in [0.15, 0.2) is 30.3 Å². The second-order valence-corrected chi connectivity index (χ2v) is 5.12. The Labute approximate surface area is 116 Å². The van der Waals surface area contributed by atoms with Gasteiger partial charge in [0, 0.05) is 19.6 Å². The first-order valence-corrected chi connectivity index (χ1v) is 7.14. The zero-order valence-electron chi connectivity index (χ0n) is 11.8. The van der Waals surface area contributed by atoms with Gasteiger partial charge in [-0.3, -0.25) is 4.79 Å². The lowest BCUT2D eigenvalue weighted by Crippen LogP contribution is -2.24. The predicted octanol–water partition coefficient (Wildman–Crippen LogP) is 2.53. The van der Waals surface area contributed by atoms with Crippen molar-refractivity contribution >= 4 is 5.91 Å². The van der Waals surface area contributed by atoms with E-state index in [1.54, 1.807) is 0 Å². The van der Waals surface area contributed by atoms with Gasteiger partial charge in [-0.15, -0.1) is 0 Å². The molecule has 2 N–H and O–H groups in total. The Balaban J connectivity index is 2.02. The summed E-state index contributed by atoms with van der Waals surface area (Å²) in [6.07, 6.45) is 4.33. The molecule has 0 saturated carbocycles. The van der Waals surface area contributed by atoms with Gasteiger partial charge < -0.3 is 10.4 Å². The average Bonchev–Trinajstić information content (AvgIpc) is 2.44. The summed E-state index contributed by atoms with van der Waals surface area (Å²) in [4.78, 5) is 11.6. The number of aliphatic hydroxyl groups is 1. The molecule has 1 aromatic rings. The van der Waals surface area contributed by atoms with Gasteiger partial charge in [0.2, 0.25) is 5.91 Å². The number of nitrogens with one attached hydrogen (secondary N) is 1. The van der Waals surface area contributed by atoms with Gasteiger partial charge in [0.1, 0.15) is 0 Å². The quantitative estimate of drug-likeness (QED) is 0.673. The summed E-state index contributed by atoms with van der Waals surface area (Å²) in [5.41, 5.74) is 1.28. The molecular weight excluding hydrogens is 238 g/mol. The van der Waals surface area contributed by atoms with Crippen LogP contribution in [0.5, 0.6) is 0 Å². The number of rotatable bonds is 9. The molecule has 0 radical (unpaired) electrons. The topological polar surface area (TPSA) is 49.3 Å². The van der Waals surface area contributed by atoms with Gasteiger partial charge in [-0.1, -0.05) is 37.3 Å². The van der Waals surface area contributed by atoms with Crippen molar-refractivity contribution in [2.24, 2.45) is 5.92 Å². The number of amides is 1. The number of carbonyl (C=O) groups excluding carboxylic acids is 1. The Hall–Kier alpha value is -1.35. The molecule has 0 spiro atoms. The first kappa shape index (κ1) is 15.7. The summed E-state index contributed by atoms with van der Waals surface area (Å²) in [6, 6.07) is 10.2. The molecular formula is C16H25NO2. The number of carbonyl (C=O) groups is 1. The van der Waals surface area contributed by atoms with Crippen molar-refractivity contribution in [3.8, 4) is 0 Å². The third-order valence-electron chi connectivity index (χ3n) is 3.22. The van der Waals surface area contributed by atoms with Crippen molar-refractivity contribution in [2.75, 3.05) is 13.2 Å². The SMILES string of the molecule is CC(CO)CCCNC(=O)CCCc1ccccc1. The monoisotopic (exact) mass is 263 g/mol. The van der Waals surface area contributed by atoms with Crippen molar-refractivity contribution in [1.82, 2.24) is 5.32 Å². The van der Waals surface area contributed by atoms with Crippen LogP contribution in [0.3, 0.4) is 0 Å². The highest BCUT2D eigenvalue weighted by atomic mass is 16.3. The van der Waals surface area contributed by atoms with Crippen LogP contribution in [-0.4, -0.2) is 24.2 Å². The average molecular weight is 263 g/mol. The molecule has 0 aromatic heterocycles. The lowest BCUT2D eigenvalue weighted by atomic mass is 10.1. The van der Waals surface area contributed by atoms with E-state index in [0.29, 0.717) is 18.9 Å². The van der Waals surface area contributed by atoms with Gasteiger partial charge in [0.05, 0.1) is 0 Å². The van der Waals surface area contributed by atoms with E-state index in [9.17, 15) is 4.79 Å². The maximum absolute atomic E-state index is 11.6. The normalized spacial score (nSPS) is 12.1. The third kappa shape index (κ3) is 7.62. The van der Waals surface area contributed by atoms with Gasteiger partial charge in [-0.25, -0.2) is 0 Å². The van der Waals surface area contributed by atoms with Crippen LogP contribution in [0.4, 0.5) is 0 Å². The van der Waals surface area contributed by atoms with E-state index in [-0.39, 0.29) is 12.5 Å². The molecule has 1 rings (SSSR count). The minimum absolute atomic E-state index is 0.132. The van der Waals surface area contributed by atoms with E-state index in [2.05, 4.69) is 17.4 Å². The van der Waals surface area contributed by atoms with Gasteiger partial charge in [0.15, 0.2) is 0 Å². The zero-order valence-corrected chi connectivity index (χ0v) is 11.8. The van der Waals surface area contributed by atoms with Crippen LogP contribution in [-0.2, 0) is 11.2 Å². The van der Waals surface area contributed by atoms with Crippen LogP contribution >= 0.6 is 0 Å². The third-order valence-corrected chi connectivity index (χ3v) is 3.22. The van der Waals surface area contributed by atoms with Crippen molar-refractivity contribution in [3.05, 3.63) is 35.9 Å². The number of aliphatic hydroxyl groups excluding tert-OH is 1. The fraction of sp³-hybridized carbons (Fsp3) is 0.562. The summed E-state index contributed by atoms with van der Waals surface area (Å²) in [7, 11) is 0. The first-order valence-electron chi connectivity index (χ1n) is 7.14. The molecule has 1 atom stereocenters. The molecule has 1 unspecified atom stereocenters. The first-order chi connectivity index (χ1) is 9.22. The van der Waals surface area contributed by atoms with Crippen LogP contribution in [0.2, 0.25) is 0 Å². The molecule has 0 saturated heterocycles. The molecule has 0 aliphatic heterocycles. The van der Waals surface area contributed by atoms with E-state index in [0.717, 1.165) is 25.7 Å². The highest BCUT2D eigenvalue weighted by molar-refractivity contribution is 5.75. The van der Waals surface area contributed by atoms with Crippen LogP contribution in [0, 0.1) is 5.92 Å². The van der Waals surface area contributed by atoms with Crippen LogP contribution in [0.25, 0.3) is 0 Å². The number of hydrogen-bond donors (Lipinski definition) is 2.